The van der Waals surface area contributed by atoms with Crippen molar-refractivity contribution in [2.75, 3.05) is 0 Å². The zero-order chi connectivity index (χ0) is 16.4. The molecule has 0 amide bonds. The van der Waals surface area contributed by atoms with Gasteiger partial charge in [0.15, 0.2) is 23.3 Å². The first-order chi connectivity index (χ1) is 10.3. The molecule has 0 atom stereocenters. The molecule has 1 N–H and O–H groups in total. The van der Waals surface area contributed by atoms with E-state index in [1.807, 2.05) is 0 Å². The van der Waals surface area contributed by atoms with Gasteiger partial charge in [-0.2, -0.15) is 0 Å². The number of carboxylic acid groups (broad SMARTS) is 1. The minimum atomic E-state index is -2.25. The van der Waals surface area contributed by atoms with Crippen molar-refractivity contribution in [3.05, 3.63) is 65.0 Å². The summed E-state index contributed by atoms with van der Waals surface area (Å²) in [7, 11) is 0. The molecule has 0 heterocycles. The highest BCUT2D eigenvalue weighted by molar-refractivity contribution is 5.88. The molecule has 114 valence electrons. The zero-order valence-electron chi connectivity index (χ0n) is 10.7. The molecule has 0 fully saturated rings. The molecule has 22 heavy (non-hydrogen) atoms. The second-order valence-electron chi connectivity index (χ2n) is 4.20. The quantitative estimate of drug-likeness (QED) is 0.400. The lowest BCUT2D eigenvalue weighted by Crippen LogP contribution is -2.04. The average molecular weight is 314 g/mol. The topological polar surface area (TPSA) is 37.3 Å². The van der Waals surface area contributed by atoms with E-state index in [4.69, 9.17) is 5.11 Å². The van der Waals surface area contributed by atoms with Crippen LogP contribution in [0.15, 0.2) is 30.3 Å². The largest absolute Gasteiger partial charge is 0.478 e. The average Bonchev–Trinajstić information content (AvgIpc) is 2.50. The SMILES string of the molecule is O=C(O)/C=C/c1ccccc1-c1c(F)c(F)c(F)c(F)c1F. The summed E-state index contributed by atoms with van der Waals surface area (Å²) in [5, 5.41) is 8.57. The van der Waals surface area contributed by atoms with E-state index in [9.17, 15) is 26.7 Å². The summed E-state index contributed by atoms with van der Waals surface area (Å²) >= 11 is 0. The van der Waals surface area contributed by atoms with Gasteiger partial charge in [0.05, 0.1) is 5.56 Å². The highest BCUT2D eigenvalue weighted by atomic mass is 19.2. The summed E-state index contributed by atoms with van der Waals surface area (Å²) in [5.74, 6) is -11.7. The number of aliphatic carboxylic acids is 1. The van der Waals surface area contributed by atoms with Crippen LogP contribution in [0.2, 0.25) is 0 Å². The molecule has 0 spiro atoms. The van der Waals surface area contributed by atoms with Gasteiger partial charge in [0.1, 0.15) is 0 Å². The number of halogens is 5. The fourth-order valence-electron chi connectivity index (χ4n) is 1.87. The number of carbonyl (C=O) groups is 1. The molecule has 0 aliphatic heterocycles. The van der Waals surface area contributed by atoms with Crippen LogP contribution in [-0.2, 0) is 4.79 Å². The number of carboxylic acids is 1. The maximum Gasteiger partial charge on any atom is 0.328 e. The van der Waals surface area contributed by atoms with Gasteiger partial charge in [-0.3, -0.25) is 0 Å². The Hall–Kier alpha value is -2.70. The van der Waals surface area contributed by atoms with Crippen molar-refractivity contribution in [3.63, 3.8) is 0 Å². The van der Waals surface area contributed by atoms with Crippen molar-refractivity contribution >= 4 is 12.0 Å². The predicted molar refractivity (Wildman–Crippen MR) is 68.3 cm³/mol. The van der Waals surface area contributed by atoms with E-state index in [0.717, 1.165) is 12.1 Å². The summed E-state index contributed by atoms with van der Waals surface area (Å²) < 4.78 is 67.2. The second kappa shape index (κ2) is 5.97. The Kier molecular flexibility index (Phi) is 4.25. The van der Waals surface area contributed by atoms with Crippen LogP contribution >= 0.6 is 0 Å². The van der Waals surface area contributed by atoms with Gasteiger partial charge in [-0.05, 0) is 17.2 Å². The van der Waals surface area contributed by atoms with Crippen LogP contribution in [0.25, 0.3) is 17.2 Å². The van der Waals surface area contributed by atoms with E-state index in [0.29, 0.717) is 6.08 Å². The van der Waals surface area contributed by atoms with Crippen LogP contribution in [0.5, 0.6) is 0 Å². The molecule has 0 bridgehead atoms. The lowest BCUT2D eigenvalue weighted by atomic mass is 9.97. The highest BCUT2D eigenvalue weighted by Crippen LogP contribution is 2.33. The van der Waals surface area contributed by atoms with Crippen molar-refractivity contribution in [1.29, 1.82) is 0 Å². The first-order valence-corrected chi connectivity index (χ1v) is 5.86. The van der Waals surface area contributed by atoms with Crippen LogP contribution in [0.3, 0.4) is 0 Å². The fourth-order valence-corrected chi connectivity index (χ4v) is 1.87. The Morgan fingerprint density at radius 1 is 0.864 bits per heavy atom. The maximum atomic E-state index is 13.8. The number of rotatable bonds is 3. The molecular weight excluding hydrogens is 307 g/mol. The summed E-state index contributed by atoms with van der Waals surface area (Å²) in [4.78, 5) is 10.5. The lowest BCUT2D eigenvalue weighted by Gasteiger charge is -2.11. The molecule has 2 aromatic carbocycles. The third-order valence-electron chi connectivity index (χ3n) is 2.85. The van der Waals surface area contributed by atoms with Crippen molar-refractivity contribution in [1.82, 2.24) is 0 Å². The highest BCUT2D eigenvalue weighted by Gasteiger charge is 2.27. The Morgan fingerprint density at radius 3 is 1.91 bits per heavy atom. The molecule has 0 saturated heterocycles. The van der Waals surface area contributed by atoms with Gasteiger partial charge >= 0.3 is 5.97 Å². The van der Waals surface area contributed by atoms with Crippen LogP contribution in [0.4, 0.5) is 22.0 Å². The first kappa shape index (κ1) is 15.7. The minimum Gasteiger partial charge on any atom is -0.478 e. The molecule has 0 aromatic heterocycles. The smallest absolute Gasteiger partial charge is 0.328 e. The van der Waals surface area contributed by atoms with Crippen molar-refractivity contribution in [3.8, 4) is 11.1 Å². The third-order valence-corrected chi connectivity index (χ3v) is 2.85. The van der Waals surface area contributed by atoms with Crippen molar-refractivity contribution in [2.24, 2.45) is 0 Å². The predicted octanol–water partition coefficient (Wildman–Crippen LogP) is 4.15. The molecule has 0 unspecified atom stereocenters. The Bertz CT molecular complexity index is 755. The minimum absolute atomic E-state index is 0.00638. The molecule has 2 nitrogen and oxygen atoms in total. The number of hydrogen-bond acceptors (Lipinski definition) is 1. The van der Waals surface area contributed by atoms with Gasteiger partial charge in [-0.15, -0.1) is 0 Å². The number of hydrogen-bond donors (Lipinski definition) is 1. The molecule has 0 aliphatic rings. The van der Waals surface area contributed by atoms with E-state index < -0.39 is 40.6 Å². The Balaban J connectivity index is 2.76. The molecule has 0 saturated carbocycles. The van der Waals surface area contributed by atoms with Gasteiger partial charge in [0.2, 0.25) is 5.82 Å². The van der Waals surface area contributed by atoms with Crippen LogP contribution < -0.4 is 0 Å². The molecule has 2 aromatic rings. The third kappa shape index (κ3) is 2.69. The van der Waals surface area contributed by atoms with Crippen LogP contribution in [0, 0.1) is 29.1 Å². The molecular formula is C15H7F5O2. The van der Waals surface area contributed by atoms with Gasteiger partial charge in [0.25, 0.3) is 0 Å². The van der Waals surface area contributed by atoms with E-state index in [1.165, 1.54) is 18.2 Å². The summed E-state index contributed by atoms with van der Waals surface area (Å²) in [6.07, 6.45) is 1.68. The molecule has 0 aliphatic carbocycles. The first-order valence-electron chi connectivity index (χ1n) is 5.86. The van der Waals surface area contributed by atoms with Gasteiger partial charge in [-0.1, -0.05) is 24.3 Å². The number of benzene rings is 2. The summed E-state index contributed by atoms with van der Waals surface area (Å²) in [6.45, 7) is 0. The zero-order valence-corrected chi connectivity index (χ0v) is 10.7. The fraction of sp³-hybridized carbons (Fsp3) is 0. The Labute approximate surface area is 121 Å². The molecule has 0 radical (unpaired) electrons. The van der Waals surface area contributed by atoms with Gasteiger partial charge < -0.3 is 5.11 Å². The standard InChI is InChI=1S/C15H7F5O2/c16-11-10(12(17)14(19)15(20)13(11)18)8-4-2-1-3-7(8)5-6-9(21)22/h1-6H,(H,21,22)/b6-5+. The van der Waals surface area contributed by atoms with Crippen LogP contribution in [0.1, 0.15) is 5.56 Å². The maximum absolute atomic E-state index is 13.8. The van der Waals surface area contributed by atoms with Crippen LogP contribution in [-0.4, -0.2) is 11.1 Å². The lowest BCUT2D eigenvalue weighted by molar-refractivity contribution is -0.131. The van der Waals surface area contributed by atoms with E-state index in [1.54, 1.807) is 0 Å². The van der Waals surface area contributed by atoms with E-state index in [2.05, 4.69) is 0 Å². The van der Waals surface area contributed by atoms with E-state index in [-0.39, 0.29) is 11.1 Å². The summed E-state index contributed by atoms with van der Waals surface area (Å²) in [5.41, 5.74) is -1.43. The summed E-state index contributed by atoms with van der Waals surface area (Å²) in [6, 6.07) is 5.16. The van der Waals surface area contributed by atoms with Crippen molar-refractivity contribution < 1.29 is 31.9 Å². The van der Waals surface area contributed by atoms with Gasteiger partial charge in [0, 0.05) is 6.08 Å². The van der Waals surface area contributed by atoms with Crippen molar-refractivity contribution in [2.45, 2.75) is 0 Å². The normalized spacial score (nSPS) is 11.1. The van der Waals surface area contributed by atoms with Gasteiger partial charge in [-0.25, -0.2) is 26.7 Å². The second-order valence-corrected chi connectivity index (χ2v) is 4.20. The molecule has 7 heteroatoms. The Morgan fingerprint density at radius 2 is 1.36 bits per heavy atom. The monoisotopic (exact) mass is 314 g/mol. The molecule has 2 rings (SSSR count). The van der Waals surface area contributed by atoms with E-state index >= 15 is 0 Å².